The second kappa shape index (κ2) is 6.97. The highest BCUT2D eigenvalue weighted by molar-refractivity contribution is 5.88. The number of carbonyl (C=O) groups is 1. The number of hydrogen-bond donors (Lipinski definition) is 0. The molecule has 0 aliphatic carbocycles. The van der Waals surface area contributed by atoms with Crippen LogP contribution in [-0.2, 0) is 17.7 Å². The largest absolute Gasteiger partial charge is 0.461 e. The molecule has 21 heavy (non-hydrogen) atoms. The molecule has 0 radical (unpaired) electrons. The number of aryl methyl sites for hydroxylation is 1. The van der Waals surface area contributed by atoms with E-state index in [2.05, 4.69) is 22.2 Å². The number of esters is 1. The van der Waals surface area contributed by atoms with Gasteiger partial charge >= 0.3 is 5.97 Å². The Balaban J connectivity index is 2.31. The van der Waals surface area contributed by atoms with Crippen molar-refractivity contribution in [1.82, 2.24) is 20.0 Å². The van der Waals surface area contributed by atoms with Crippen molar-refractivity contribution in [2.45, 2.75) is 40.2 Å². The molecule has 2 aromatic heterocycles. The van der Waals surface area contributed by atoms with Crippen molar-refractivity contribution in [2.24, 2.45) is 0 Å². The van der Waals surface area contributed by atoms with Crippen molar-refractivity contribution in [3.63, 3.8) is 0 Å². The molecule has 0 amide bonds. The number of hydrogen-bond acceptors (Lipinski definition) is 5. The van der Waals surface area contributed by atoms with Gasteiger partial charge in [-0.3, -0.25) is 4.98 Å². The average Bonchev–Trinajstić information content (AvgIpc) is 2.85. The van der Waals surface area contributed by atoms with Gasteiger partial charge in [0.05, 0.1) is 24.5 Å². The van der Waals surface area contributed by atoms with Crippen LogP contribution in [0, 0.1) is 6.92 Å². The van der Waals surface area contributed by atoms with E-state index >= 15 is 0 Å². The smallest absolute Gasteiger partial charge is 0.360 e. The van der Waals surface area contributed by atoms with Crippen molar-refractivity contribution in [1.29, 1.82) is 0 Å². The highest BCUT2D eigenvalue weighted by Crippen LogP contribution is 2.13. The van der Waals surface area contributed by atoms with E-state index in [1.807, 2.05) is 19.1 Å². The van der Waals surface area contributed by atoms with E-state index in [0.29, 0.717) is 18.8 Å². The maximum absolute atomic E-state index is 11.9. The molecule has 0 N–H and O–H groups in total. The van der Waals surface area contributed by atoms with Gasteiger partial charge in [0, 0.05) is 6.20 Å². The molecule has 0 fully saturated rings. The molecule has 6 nitrogen and oxygen atoms in total. The quantitative estimate of drug-likeness (QED) is 0.762. The third-order valence-corrected chi connectivity index (χ3v) is 3.21. The highest BCUT2D eigenvalue weighted by atomic mass is 16.5. The molecule has 2 heterocycles. The summed E-state index contributed by atoms with van der Waals surface area (Å²) in [7, 11) is 0. The van der Waals surface area contributed by atoms with Gasteiger partial charge in [0.2, 0.25) is 0 Å². The summed E-state index contributed by atoms with van der Waals surface area (Å²) in [5.74, 6) is -0.412. The Kier molecular flexibility index (Phi) is 5.03. The minimum atomic E-state index is -0.412. The SMILES string of the molecule is CCCc1c(C(=O)OCC)nnn1Cc1ncccc1C. The minimum Gasteiger partial charge on any atom is -0.461 e. The maximum atomic E-state index is 11.9. The van der Waals surface area contributed by atoms with Crippen molar-refractivity contribution in [3.8, 4) is 0 Å². The second-order valence-corrected chi connectivity index (χ2v) is 4.78. The molecule has 0 saturated carbocycles. The van der Waals surface area contributed by atoms with Gasteiger partial charge in [0.15, 0.2) is 5.69 Å². The van der Waals surface area contributed by atoms with Crippen LogP contribution in [0.1, 0.15) is 47.7 Å². The number of nitrogens with zero attached hydrogens (tertiary/aromatic N) is 4. The van der Waals surface area contributed by atoms with Gasteiger partial charge in [0.1, 0.15) is 0 Å². The number of ether oxygens (including phenoxy) is 1. The predicted molar refractivity (Wildman–Crippen MR) is 78.0 cm³/mol. The standard InChI is InChI=1S/C15H20N4O2/c1-4-7-13-14(15(20)21-5-2)17-18-19(13)10-12-11(3)8-6-9-16-12/h6,8-9H,4-5,7,10H2,1-3H3. The lowest BCUT2D eigenvalue weighted by atomic mass is 10.2. The van der Waals surface area contributed by atoms with Crippen LogP contribution in [0.2, 0.25) is 0 Å². The fourth-order valence-corrected chi connectivity index (χ4v) is 2.13. The van der Waals surface area contributed by atoms with Crippen LogP contribution >= 0.6 is 0 Å². The van der Waals surface area contributed by atoms with Crippen LogP contribution < -0.4 is 0 Å². The number of rotatable bonds is 6. The summed E-state index contributed by atoms with van der Waals surface area (Å²) >= 11 is 0. The molecule has 0 aliphatic heterocycles. The summed E-state index contributed by atoms with van der Waals surface area (Å²) in [6.45, 7) is 6.67. The molecule has 0 saturated heterocycles. The maximum Gasteiger partial charge on any atom is 0.360 e. The van der Waals surface area contributed by atoms with Crippen LogP contribution in [0.25, 0.3) is 0 Å². The Morgan fingerprint density at radius 2 is 2.19 bits per heavy atom. The van der Waals surface area contributed by atoms with Crippen molar-refractivity contribution in [3.05, 3.63) is 41.0 Å². The predicted octanol–water partition coefficient (Wildman–Crippen LogP) is 2.16. The van der Waals surface area contributed by atoms with Crippen molar-refractivity contribution < 1.29 is 9.53 Å². The third kappa shape index (κ3) is 3.45. The molecule has 0 aliphatic rings. The Hall–Kier alpha value is -2.24. The first-order chi connectivity index (χ1) is 10.2. The molecule has 0 aromatic carbocycles. The molecule has 0 spiro atoms. The number of pyridine rings is 1. The lowest BCUT2D eigenvalue weighted by Crippen LogP contribution is -2.12. The molecule has 0 atom stereocenters. The Labute approximate surface area is 124 Å². The van der Waals surface area contributed by atoms with E-state index in [1.54, 1.807) is 17.8 Å². The lowest BCUT2D eigenvalue weighted by molar-refractivity contribution is 0.0518. The van der Waals surface area contributed by atoms with Crippen molar-refractivity contribution >= 4 is 5.97 Å². The van der Waals surface area contributed by atoms with Crippen LogP contribution in [-0.4, -0.2) is 32.6 Å². The van der Waals surface area contributed by atoms with Crippen LogP contribution in [0.4, 0.5) is 0 Å². The Bertz CT molecular complexity index is 622. The van der Waals surface area contributed by atoms with E-state index in [4.69, 9.17) is 4.74 Å². The zero-order chi connectivity index (χ0) is 15.2. The fraction of sp³-hybridized carbons (Fsp3) is 0.467. The summed E-state index contributed by atoms with van der Waals surface area (Å²) in [5, 5.41) is 8.09. The normalized spacial score (nSPS) is 10.6. The van der Waals surface area contributed by atoms with E-state index in [9.17, 15) is 4.79 Å². The zero-order valence-corrected chi connectivity index (χ0v) is 12.7. The van der Waals surface area contributed by atoms with Crippen LogP contribution in [0.5, 0.6) is 0 Å². The molecular weight excluding hydrogens is 268 g/mol. The summed E-state index contributed by atoms with van der Waals surface area (Å²) in [4.78, 5) is 16.3. The molecule has 6 heteroatoms. The van der Waals surface area contributed by atoms with E-state index < -0.39 is 5.97 Å². The number of carbonyl (C=O) groups excluding carboxylic acids is 1. The van der Waals surface area contributed by atoms with E-state index in [-0.39, 0.29) is 0 Å². The van der Waals surface area contributed by atoms with Gasteiger partial charge < -0.3 is 4.74 Å². The number of aromatic nitrogens is 4. The highest BCUT2D eigenvalue weighted by Gasteiger charge is 2.20. The van der Waals surface area contributed by atoms with Crippen molar-refractivity contribution in [2.75, 3.05) is 6.61 Å². The first kappa shape index (κ1) is 15.2. The molecular formula is C15H20N4O2. The van der Waals surface area contributed by atoms with Gasteiger partial charge in [-0.15, -0.1) is 5.10 Å². The Morgan fingerprint density at radius 3 is 2.86 bits per heavy atom. The summed E-state index contributed by atoms with van der Waals surface area (Å²) in [6, 6.07) is 3.90. The second-order valence-electron chi connectivity index (χ2n) is 4.78. The molecule has 2 aromatic rings. The Morgan fingerprint density at radius 1 is 1.38 bits per heavy atom. The summed E-state index contributed by atoms with van der Waals surface area (Å²) in [6.07, 6.45) is 3.39. The lowest BCUT2D eigenvalue weighted by Gasteiger charge is -2.08. The van der Waals surface area contributed by atoms with Gasteiger partial charge in [-0.25, -0.2) is 9.48 Å². The third-order valence-electron chi connectivity index (χ3n) is 3.21. The minimum absolute atomic E-state index is 0.312. The first-order valence-electron chi connectivity index (χ1n) is 7.17. The molecule has 0 bridgehead atoms. The summed E-state index contributed by atoms with van der Waals surface area (Å²) < 4.78 is 6.77. The first-order valence-corrected chi connectivity index (χ1v) is 7.17. The van der Waals surface area contributed by atoms with Crippen LogP contribution in [0.3, 0.4) is 0 Å². The fourth-order valence-electron chi connectivity index (χ4n) is 2.13. The van der Waals surface area contributed by atoms with Gasteiger partial charge in [-0.05, 0) is 31.9 Å². The molecule has 0 unspecified atom stereocenters. The average molecular weight is 288 g/mol. The van der Waals surface area contributed by atoms with Crippen LogP contribution in [0.15, 0.2) is 18.3 Å². The molecule has 2 rings (SSSR count). The van der Waals surface area contributed by atoms with E-state index in [0.717, 1.165) is 29.8 Å². The molecule has 112 valence electrons. The monoisotopic (exact) mass is 288 g/mol. The summed E-state index contributed by atoms with van der Waals surface area (Å²) in [5.41, 5.74) is 3.14. The topological polar surface area (TPSA) is 69.9 Å². The van der Waals surface area contributed by atoms with Gasteiger partial charge in [-0.1, -0.05) is 24.6 Å². The zero-order valence-electron chi connectivity index (χ0n) is 12.7. The van der Waals surface area contributed by atoms with Gasteiger partial charge in [0.25, 0.3) is 0 Å². The van der Waals surface area contributed by atoms with Gasteiger partial charge in [-0.2, -0.15) is 0 Å². The van der Waals surface area contributed by atoms with E-state index in [1.165, 1.54) is 0 Å².